The number of thioether (sulfide) groups is 1. The average molecular weight is 282 g/mol. The van der Waals surface area contributed by atoms with E-state index in [1.54, 1.807) is 11.8 Å². The lowest BCUT2D eigenvalue weighted by molar-refractivity contribution is 0.269. The van der Waals surface area contributed by atoms with Crippen molar-refractivity contribution in [1.29, 1.82) is 0 Å². The Bertz CT molecular complexity index is 343. The van der Waals surface area contributed by atoms with Gasteiger partial charge in [-0.25, -0.2) is 8.42 Å². The molecule has 1 rings (SSSR count). The highest BCUT2D eigenvalue weighted by atomic mass is 32.2. The van der Waals surface area contributed by atoms with Gasteiger partial charge in [0.25, 0.3) is 0 Å². The SMILES string of the molecule is CS(=O)(=O)C1CSCCN1CCCC(N)=S. The van der Waals surface area contributed by atoms with Crippen LogP contribution in [-0.4, -0.2) is 54.5 Å². The highest BCUT2D eigenvalue weighted by molar-refractivity contribution is 8.00. The standard InChI is InChI=1S/C9H18N2O2S3/c1-16(12,13)9-7-15-6-5-11(9)4-2-3-8(10)14/h9H,2-7H2,1H3,(H2,10,14). The van der Waals surface area contributed by atoms with Crippen LogP contribution < -0.4 is 5.73 Å². The maximum atomic E-state index is 11.6. The minimum Gasteiger partial charge on any atom is -0.393 e. The summed E-state index contributed by atoms with van der Waals surface area (Å²) in [6, 6.07) is 0. The van der Waals surface area contributed by atoms with Crippen LogP contribution in [0.2, 0.25) is 0 Å². The Morgan fingerprint density at radius 3 is 2.88 bits per heavy atom. The van der Waals surface area contributed by atoms with Crippen LogP contribution in [0.3, 0.4) is 0 Å². The largest absolute Gasteiger partial charge is 0.393 e. The highest BCUT2D eigenvalue weighted by Gasteiger charge is 2.30. The Balaban J connectivity index is 2.51. The van der Waals surface area contributed by atoms with Crippen LogP contribution in [0.4, 0.5) is 0 Å². The van der Waals surface area contributed by atoms with Gasteiger partial charge in [-0.05, 0) is 19.4 Å². The molecular weight excluding hydrogens is 264 g/mol. The van der Waals surface area contributed by atoms with Gasteiger partial charge in [-0.2, -0.15) is 11.8 Å². The molecule has 0 saturated carbocycles. The van der Waals surface area contributed by atoms with E-state index in [0.29, 0.717) is 17.2 Å². The van der Waals surface area contributed by atoms with Gasteiger partial charge in [0.1, 0.15) is 5.37 Å². The molecule has 0 amide bonds. The molecule has 0 aliphatic carbocycles. The third kappa shape index (κ3) is 4.57. The summed E-state index contributed by atoms with van der Waals surface area (Å²) in [5.74, 6) is 1.67. The first-order chi connectivity index (χ1) is 7.41. The topological polar surface area (TPSA) is 63.4 Å². The van der Waals surface area contributed by atoms with Crippen LogP contribution in [0.15, 0.2) is 0 Å². The van der Waals surface area contributed by atoms with Crippen LogP contribution in [-0.2, 0) is 9.84 Å². The maximum Gasteiger partial charge on any atom is 0.164 e. The molecule has 0 aromatic heterocycles. The second-order valence-corrected chi connectivity index (χ2v) is 7.84. The van der Waals surface area contributed by atoms with Crippen molar-refractivity contribution in [2.24, 2.45) is 5.73 Å². The van der Waals surface area contributed by atoms with E-state index in [4.69, 9.17) is 18.0 Å². The Morgan fingerprint density at radius 1 is 1.62 bits per heavy atom. The van der Waals surface area contributed by atoms with Crippen molar-refractivity contribution in [2.75, 3.05) is 30.9 Å². The fraction of sp³-hybridized carbons (Fsp3) is 0.889. The Morgan fingerprint density at radius 2 is 2.31 bits per heavy atom. The molecule has 0 aromatic carbocycles. The van der Waals surface area contributed by atoms with E-state index in [0.717, 1.165) is 25.3 Å². The molecule has 4 nitrogen and oxygen atoms in total. The number of thiocarbonyl (C=S) groups is 1. The molecule has 1 heterocycles. The molecule has 7 heteroatoms. The number of rotatable bonds is 5. The molecular formula is C9H18N2O2S3. The van der Waals surface area contributed by atoms with E-state index < -0.39 is 9.84 Å². The third-order valence-electron chi connectivity index (χ3n) is 2.55. The molecule has 0 aromatic rings. The number of hydrogen-bond donors (Lipinski definition) is 1. The molecule has 16 heavy (non-hydrogen) atoms. The van der Waals surface area contributed by atoms with E-state index >= 15 is 0 Å². The summed E-state index contributed by atoms with van der Waals surface area (Å²) in [4.78, 5) is 2.53. The Labute approximate surface area is 107 Å². The maximum absolute atomic E-state index is 11.6. The summed E-state index contributed by atoms with van der Waals surface area (Å²) in [6.45, 7) is 1.59. The van der Waals surface area contributed by atoms with Crippen molar-refractivity contribution in [2.45, 2.75) is 18.2 Å². The second kappa shape index (κ2) is 6.18. The van der Waals surface area contributed by atoms with Crippen molar-refractivity contribution in [3.63, 3.8) is 0 Å². The predicted octanol–water partition coefficient (Wildman–Crippen LogP) is 0.472. The summed E-state index contributed by atoms with van der Waals surface area (Å²) in [5, 5.41) is -0.336. The number of nitrogens with zero attached hydrogens (tertiary/aromatic N) is 1. The summed E-state index contributed by atoms with van der Waals surface area (Å²) in [5.41, 5.74) is 5.42. The zero-order chi connectivity index (χ0) is 12.2. The lowest BCUT2D eigenvalue weighted by Crippen LogP contribution is -2.47. The number of hydrogen-bond acceptors (Lipinski definition) is 5. The molecule has 1 aliphatic heterocycles. The van der Waals surface area contributed by atoms with Crippen molar-refractivity contribution >= 4 is 38.8 Å². The quantitative estimate of drug-likeness (QED) is 0.740. The minimum absolute atomic E-state index is 0.336. The van der Waals surface area contributed by atoms with Crippen molar-refractivity contribution in [3.05, 3.63) is 0 Å². The fourth-order valence-electron chi connectivity index (χ4n) is 1.72. The third-order valence-corrected chi connectivity index (χ3v) is 5.44. The molecule has 1 unspecified atom stereocenters. The van der Waals surface area contributed by atoms with E-state index in [1.807, 2.05) is 4.90 Å². The van der Waals surface area contributed by atoms with Gasteiger partial charge in [0, 0.05) is 24.3 Å². The summed E-state index contributed by atoms with van der Waals surface area (Å²) in [7, 11) is -2.98. The van der Waals surface area contributed by atoms with Gasteiger partial charge in [0.15, 0.2) is 9.84 Å². The lowest BCUT2D eigenvalue weighted by atomic mass is 10.3. The normalized spacial score (nSPS) is 23.2. The summed E-state index contributed by atoms with van der Waals surface area (Å²) < 4.78 is 23.2. The second-order valence-electron chi connectivity index (χ2n) is 3.96. The van der Waals surface area contributed by atoms with Crippen molar-refractivity contribution in [3.8, 4) is 0 Å². The zero-order valence-electron chi connectivity index (χ0n) is 9.39. The monoisotopic (exact) mass is 282 g/mol. The smallest absolute Gasteiger partial charge is 0.164 e. The molecule has 1 fully saturated rings. The lowest BCUT2D eigenvalue weighted by Gasteiger charge is -2.33. The first kappa shape index (κ1) is 14.2. The van der Waals surface area contributed by atoms with Crippen LogP contribution in [0, 0.1) is 0 Å². The highest BCUT2D eigenvalue weighted by Crippen LogP contribution is 2.20. The molecule has 0 spiro atoms. The molecule has 0 radical (unpaired) electrons. The first-order valence-electron chi connectivity index (χ1n) is 5.20. The van der Waals surface area contributed by atoms with Gasteiger partial charge in [0.2, 0.25) is 0 Å². The fourth-order valence-corrected chi connectivity index (χ4v) is 4.84. The first-order valence-corrected chi connectivity index (χ1v) is 8.72. The van der Waals surface area contributed by atoms with Crippen molar-refractivity contribution in [1.82, 2.24) is 4.90 Å². The van der Waals surface area contributed by atoms with Crippen LogP contribution in [0.1, 0.15) is 12.8 Å². The predicted molar refractivity (Wildman–Crippen MR) is 73.5 cm³/mol. The van der Waals surface area contributed by atoms with E-state index in [1.165, 1.54) is 6.26 Å². The number of nitrogens with two attached hydrogens (primary N) is 1. The van der Waals surface area contributed by atoms with Crippen LogP contribution >= 0.6 is 24.0 Å². The van der Waals surface area contributed by atoms with Gasteiger partial charge in [-0.3, -0.25) is 4.90 Å². The van der Waals surface area contributed by atoms with Crippen LogP contribution in [0.25, 0.3) is 0 Å². The number of sulfone groups is 1. The van der Waals surface area contributed by atoms with Crippen molar-refractivity contribution < 1.29 is 8.42 Å². The minimum atomic E-state index is -2.98. The van der Waals surface area contributed by atoms with Gasteiger partial charge in [0.05, 0.1) is 4.99 Å². The molecule has 2 N–H and O–H groups in total. The van der Waals surface area contributed by atoms with Gasteiger partial charge >= 0.3 is 0 Å². The molecule has 1 saturated heterocycles. The summed E-state index contributed by atoms with van der Waals surface area (Å²) >= 11 is 6.50. The zero-order valence-corrected chi connectivity index (χ0v) is 11.8. The average Bonchev–Trinajstić information content (AvgIpc) is 2.16. The van der Waals surface area contributed by atoms with E-state index in [-0.39, 0.29) is 5.37 Å². The molecule has 0 bridgehead atoms. The Kier molecular flexibility index (Phi) is 5.49. The van der Waals surface area contributed by atoms with Crippen LogP contribution in [0.5, 0.6) is 0 Å². The molecule has 1 atom stereocenters. The molecule has 1 aliphatic rings. The van der Waals surface area contributed by atoms with Gasteiger partial charge in [-0.15, -0.1) is 0 Å². The molecule has 94 valence electrons. The van der Waals surface area contributed by atoms with Gasteiger partial charge in [-0.1, -0.05) is 12.2 Å². The van der Waals surface area contributed by atoms with Gasteiger partial charge < -0.3 is 5.73 Å². The summed E-state index contributed by atoms with van der Waals surface area (Å²) in [6.07, 6.45) is 2.84. The van der Waals surface area contributed by atoms with E-state index in [9.17, 15) is 8.42 Å². The Hall–Kier alpha value is 0.150. The van der Waals surface area contributed by atoms with E-state index in [2.05, 4.69) is 0 Å².